The molecule has 0 aliphatic heterocycles. The minimum absolute atomic E-state index is 0.107. The second kappa shape index (κ2) is 7.94. The van der Waals surface area contributed by atoms with Crippen molar-refractivity contribution in [3.05, 3.63) is 90.3 Å². The van der Waals surface area contributed by atoms with Crippen LogP contribution in [0.25, 0.3) is 22.2 Å². The third kappa shape index (κ3) is 4.30. The molecule has 2 aromatic carbocycles. The van der Waals surface area contributed by atoms with E-state index in [1.807, 2.05) is 24.3 Å². The van der Waals surface area contributed by atoms with E-state index in [1.165, 1.54) is 12.1 Å². The second-order valence-corrected chi connectivity index (χ2v) is 6.73. The molecule has 0 aliphatic carbocycles. The minimum atomic E-state index is -4.38. The average Bonchev–Trinajstić information content (AvgIpc) is 2.74. The van der Waals surface area contributed by atoms with Gasteiger partial charge in [-0.25, -0.2) is 4.98 Å². The van der Waals surface area contributed by atoms with Crippen molar-refractivity contribution in [1.29, 1.82) is 0 Å². The third-order valence-electron chi connectivity index (χ3n) is 4.61. The fraction of sp³-hybridized carbons (Fsp3) is 0.0870. The van der Waals surface area contributed by atoms with Gasteiger partial charge in [0.05, 0.1) is 35.1 Å². The predicted octanol–water partition coefficient (Wildman–Crippen LogP) is 5.50. The number of hydrogen-bond donors (Lipinski definition) is 1. The largest absolute Gasteiger partial charge is 0.416 e. The molecular formula is C23H16F3N3O. The number of pyridine rings is 2. The number of rotatable bonds is 4. The number of alkyl halides is 3. The predicted molar refractivity (Wildman–Crippen MR) is 109 cm³/mol. The van der Waals surface area contributed by atoms with Crippen molar-refractivity contribution in [1.82, 2.24) is 9.97 Å². The van der Waals surface area contributed by atoms with Gasteiger partial charge in [0.2, 0.25) is 5.91 Å². The molecule has 30 heavy (non-hydrogen) atoms. The molecule has 0 atom stereocenters. The van der Waals surface area contributed by atoms with Gasteiger partial charge in [-0.05, 0) is 35.9 Å². The van der Waals surface area contributed by atoms with Crippen molar-refractivity contribution in [2.75, 3.05) is 5.32 Å². The molecule has 4 aromatic rings. The maximum absolute atomic E-state index is 12.8. The van der Waals surface area contributed by atoms with Crippen molar-refractivity contribution in [2.24, 2.45) is 0 Å². The number of para-hydroxylation sites is 1. The summed E-state index contributed by atoms with van der Waals surface area (Å²) in [6.07, 6.45) is -1.10. The zero-order valence-corrected chi connectivity index (χ0v) is 15.6. The minimum Gasteiger partial charge on any atom is -0.324 e. The molecule has 0 bridgehead atoms. The Balaban J connectivity index is 1.63. The van der Waals surface area contributed by atoms with Gasteiger partial charge in [0, 0.05) is 17.1 Å². The van der Waals surface area contributed by atoms with Crippen LogP contribution in [0.4, 0.5) is 18.9 Å². The van der Waals surface area contributed by atoms with Crippen molar-refractivity contribution < 1.29 is 18.0 Å². The van der Waals surface area contributed by atoms with Gasteiger partial charge in [0.15, 0.2) is 0 Å². The summed E-state index contributed by atoms with van der Waals surface area (Å²) in [6.45, 7) is 0. The van der Waals surface area contributed by atoms with E-state index in [2.05, 4.69) is 15.3 Å². The van der Waals surface area contributed by atoms with Gasteiger partial charge in [-0.3, -0.25) is 9.78 Å². The van der Waals surface area contributed by atoms with Crippen LogP contribution in [0.2, 0.25) is 0 Å². The molecule has 0 saturated heterocycles. The van der Waals surface area contributed by atoms with Crippen molar-refractivity contribution in [3.63, 3.8) is 0 Å². The summed E-state index contributed by atoms with van der Waals surface area (Å²) in [4.78, 5) is 21.0. The molecule has 1 amide bonds. The number of carbonyl (C=O) groups is 1. The standard InChI is InChI=1S/C23H16F3N3O/c24-23(25,26)18-9-6-15(7-10-18)20-11-8-16-3-1-4-17(22(16)29-20)13-21(30)28-19-5-2-12-27-14-19/h1-12,14H,13H2,(H,28,30). The first-order chi connectivity index (χ1) is 14.4. The van der Waals surface area contributed by atoms with Gasteiger partial charge in [-0.2, -0.15) is 13.2 Å². The van der Waals surface area contributed by atoms with Crippen molar-refractivity contribution >= 4 is 22.5 Å². The van der Waals surface area contributed by atoms with Gasteiger partial charge < -0.3 is 5.32 Å². The first kappa shape index (κ1) is 19.6. The van der Waals surface area contributed by atoms with Gasteiger partial charge in [-0.1, -0.05) is 36.4 Å². The zero-order valence-electron chi connectivity index (χ0n) is 15.6. The molecule has 2 heterocycles. The molecule has 7 heteroatoms. The smallest absolute Gasteiger partial charge is 0.324 e. The lowest BCUT2D eigenvalue weighted by molar-refractivity contribution is -0.137. The van der Waals surface area contributed by atoms with E-state index in [-0.39, 0.29) is 12.3 Å². The van der Waals surface area contributed by atoms with E-state index in [9.17, 15) is 18.0 Å². The Morgan fingerprint density at radius 1 is 0.933 bits per heavy atom. The summed E-state index contributed by atoms with van der Waals surface area (Å²) in [5.41, 5.74) is 2.36. The van der Waals surface area contributed by atoms with Crippen LogP contribution in [0.1, 0.15) is 11.1 Å². The number of benzene rings is 2. The number of halogens is 3. The molecule has 0 radical (unpaired) electrons. The Kier molecular flexibility index (Phi) is 5.18. The summed E-state index contributed by atoms with van der Waals surface area (Å²) in [6, 6.07) is 17.5. The molecule has 0 spiro atoms. The molecule has 150 valence electrons. The quantitative estimate of drug-likeness (QED) is 0.486. The molecule has 2 aromatic heterocycles. The molecular weight excluding hydrogens is 391 g/mol. The Hall–Kier alpha value is -3.74. The second-order valence-electron chi connectivity index (χ2n) is 6.73. The summed E-state index contributed by atoms with van der Waals surface area (Å²) < 4.78 is 38.4. The fourth-order valence-electron chi connectivity index (χ4n) is 3.16. The average molecular weight is 407 g/mol. The highest BCUT2D eigenvalue weighted by Crippen LogP contribution is 2.31. The number of fused-ring (bicyclic) bond motifs is 1. The van der Waals surface area contributed by atoms with Crippen LogP contribution >= 0.6 is 0 Å². The maximum Gasteiger partial charge on any atom is 0.416 e. The number of carbonyl (C=O) groups excluding carboxylic acids is 1. The summed E-state index contributed by atoms with van der Waals surface area (Å²) in [7, 11) is 0. The monoisotopic (exact) mass is 407 g/mol. The van der Waals surface area contributed by atoms with Crippen LogP contribution in [0.15, 0.2) is 79.1 Å². The molecule has 4 nitrogen and oxygen atoms in total. The van der Waals surface area contributed by atoms with Crippen LogP contribution in [-0.2, 0) is 17.4 Å². The zero-order chi connectivity index (χ0) is 21.1. The lowest BCUT2D eigenvalue weighted by Crippen LogP contribution is -2.14. The Labute approximate surface area is 170 Å². The van der Waals surface area contributed by atoms with E-state index in [4.69, 9.17) is 0 Å². The van der Waals surface area contributed by atoms with Crippen LogP contribution in [0.3, 0.4) is 0 Å². The van der Waals surface area contributed by atoms with Crippen LogP contribution in [-0.4, -0.2) is 15.9 Å². The number of hydrogen-bond acceptors (Lipinski definition) is 3. The molecule has 0 aliphatic rings. The third-order valence-corrected chi connectivity index (χ3v) is 4.61. The number of anilines is 1. The molecule has 0 unspecified atom stereocenters. The lowest BCUT2D eigenvalue weighted by Gasteiger charge is -2.10. The topological polar surface area (TPSA) is 54.9 Å². The Morgan fingerprint density at radius 2 is 1.73 bits per heavy atom. The maximum atomic E-state index is 12.8. The first-order valence-corrected chi connectivity index (χ1v) is 9.16. The van der Waals surface area contributed by atoms with Crippen molar-refractivity contribution in [2.45, 2.75) is 12.6 Å². The van der Waals surface area contributed by atoms with Crippen LogP contribution in [0.5, 0.6) is 0 Å². The molecule has 0 fully saturated rings. The molecule has 0 saturated carbocycles. The van der Waals surface area contributed by atoms with Crippen LogP contribution < -0.4 is 5.32 Å². The summed E-state index contributed by atoms with van der Waals surface area (Å²) >= 11 is 0. The normalized spacial score (nSPS) is 11.4. The van der Waals surface area contributed by atoms with E-state index in [0.717, 1.165) is 23.1 Å². The fourth-order valence-corrected chi connectivity index (χ4v) is 3.16. The van der Waals surface area contributed by atoms with Crippen molar-refractivity contribution in [3.8, 4) is 11.3 Å². The van der Waals surface area contributed by atoms with E-state index in [0.29, 0.717) is 22.5 Å². The summed E-state index contributed by atoms with van der Waals surface area (Å²) in [5, 5.41) is 3.63. The van der Waals surface area contributed by atoms with Gasteiger partial charge in [0.1, 0.15) is 0 Å². The van der Waals surface area contributed by atoms with Gasteiger partial charge in [0.25, 0.3) is 0 Å². The number of aromatic nitrogens is 2. The molecule has 4 rings (SSSR count). The van der Waals surface area contributed by atoms with E-state index in [1.54, 1.807) is 30.6 Å². The molecule has 1 N–H and O–H groups in total. The highest BCUT2D eigenvalue weighted by atomic mass is 19.4. The van der Waals surface area contributed by atoms with E-state index < -0.39 is 11.7 Å². The lowest BCUT2D eigenvalue weighted by atomic mass is 10.0. The highest BCUT2D eigenvalue weighted by Gasteiger charge is 2.30. The number of amides is 1. The van der Waals surface area contributed by atoms with E-state index >= 15 is 0 Å². The number of nitrogens with one attached hydrogen (secondary N) is 1. The van der Waals surface area contributed by atoms with Gasteiger partial charge >= 0.3 is 6.18 Å². The van der Waals surface area contributed by atoms with Gasteiger partial charge in [-0.15, -0.1) is 0 Å². The highest BCUT2D eigenvalue weighted by molar-refractivity contribution is 5.95. The SMILES string of the molecule is O=C(Cc1cccc2ccc(-c3ccc(C(F)(F)F)cc3)nc12)Nc1cccnc1. The summed E-state index contributed by atoms with van der Waals surface area (Å²) in [5.74, 6) is -0.211. The van der Waals surface area contributed by atoms with Crippen LogP contribution in [0, 0.1) is 0 Å². The Bertz CT molecular complexity index is 1190. The first-order valence-electron chi connectivity index (χ1n) is 9.16. The Morgan fingerprint density at radius 3 is 2.43 bits per heavy atom. The number of nitrogens with zero attached hydrogens (tertiary/aromatic N) is 2.